The lowest BCUT2D eigenvalue weighted by Crippen LogP contribution is -2.21. The number of rotatable bonds is 2. The van der Waals surface area contributed by atoms with E-state index in [1.165, 1.54) is 4.88 Å². The van der Waals surface area contributed by atoms with Crippen molar-refractivity contribution >= 4 is 34.7 Å². The van der Waals surface area contributed by atoms with Gasteiger partial charge in [-0.05, 0) is 26.2 Å². The molecule has 1 unspecified atom stereocenters. The maximum absolute atomic E-state index is 12.0. The van der Waals surface area contributed by atoms with Crippen molar-refractivity contribution < 1.29 is 9.53 Å². The van der Waals surface area contributed by atoms with Crippen LogP contribution in [0.3, 0.4) is 0 Å². The zero-order valence-electron chi connectivity index (χ0n) is 10.1. The molecule has 3 rings (SSSR count). The molecule has 0 amide bonds. The first-order chi connectivity index (χ1) is 8.31. The molecule has 1 aliphatic carbocycles. The Kier molecular flexibility index (Phi) is 3.92. The number of nitrogens with zero attached hydrogens (tertiary/aromatic N) is 2. The van der Waals surface area contributed by atoms with E-state index in [1.807, 2.05) is 17.5 Å². The Morgan fingerprint density at radius 2 is 2.50 bits per heavy atom. The predicted octanol–water partition coefficient (Wildman–Crippen LogP) is 2.80. The van der Waals surface area contributed by atoms with E-state index < -0.39 is 0 Å². The summed E-state index contributed by atoms with van der Waals surface area (Å²) in [5, 5.41) is 0. The van der Waals surface area contributed by atoms with Gasteiger partial charge in [0.2, 0.25) is 0 Å². The molecule has 1 atom stereocenters. The van der Waals surface area contributed by atoms with Gasteiger partial charge in [-0.2, -0.15) is 0 Å². The number of imidazole rings is 1. The van der Waals surface area contributed by atoms with Crippen LogP contribution in [0, 0.1) is 0 Å². The Bertz CT molecular complexity index is 563. The number of aromatic nitrogens is 2. The first-order valence-corrected chi connectivity index (χ1v) is 6.74. The monoisotopic (exact) mass is 286 g/mol. The van der Waals surface area contributed by atoms with Crippen LogP contribution in [-0.4, -0.2) is 22.0 Å². The maximum atomic E-state index is 12.0. The number of fused-ring (bicyclic) bond motifs is 3. The zero-order valence-corrected chi connectivity index (χ0v) is 11.7. The van der Waals surface area contributed by atoms with Crippen LogP contribution < -0.4 is 0 Å². The number of thiazole rings is 1. The van der Waals surface area contributed by atoms with Crippen LogP contribution >= 0.6 is 23.7 Å². The van der Waals surface area contributed by atoms with Gasteiger partial charge in [0.1, 0.15) is 0 Å². The summed E-state index contributed by atoms with van der Waals surface area (Å²) in [7, 11) is 0. The van der Waals surface area contributed by atoms with E-state index in [1.54, 1.807) is 17.5 Å². The van der Waals surface area contributed by atoms with Crippen LogP contribution in [0.4, 0.5) is 0 Å². The van der Waals surface area contributed by atoms with Gasteiger partial charge in [0.25, 0.3) is 0 Å². The number of carbonyl (C=O) groups is 1. The lowest BCUT2D eigenvalue weighted by atomic mass is 9.91. The lowest BCUT2D eigenvalue weighted by molar-refractivity contribution is -0.145. The third-order valence-corrected chi connectivity index (χ3v) is 4.31. The molecule has 2 aromatic heterocycles. The first-order valence-electron chi connectivity index (χ1n) is 5.92. The molecule has 0 fully saturated rings. The Hall–Kier alpha value is -1.07. The average molecular weight is 287 g/mol. The minimum absolute atomic E-state index is 0. The van der Waals surface area contributed by atoms with Crippen molar-refractivity contribution in [1.82, 2.24) is 9.38 Å². The highest BCUT2D eigenvalue weighted by atomic mass is 35.5. The lowest BCUT2D eigenvalue weighted by Gasteiger charge is -2.20. The molecule has 0 bridgehead atoms. The molecule has 6 heteroatoms. The average Bonchev–Trinajstić information content (AvgIpc) is 2.88. The minimum atomic E-state index is -0.110. The van der Waals surface area contributed by atoms with Gasteiger partial charge < -0.3 is 4.74 Å². The number of ether oxygens (including phenoxy) is 1. The topological polar surface area (TPSA) is 43.6 Å². The van der Waals surface area contributed by atoms with Crippen molar-refractivity contribution in [2.75, 3.05) is 6.61 Å². The van der Waals surface area contributed by atoms with Gasteiger partial charge >= 0.3 is 5.97 Å². The van der Waals surface area contributed by atoms with Gasteiger partial charge in [-0.15, -0.1) is 23.7 Å². The van der Waals surface area contributed by atoms with Crippen molar-refractivity contribution in [3.63, 3.8) is 0 Å². The smallest absolute Gasteiger partial charge is 0.314 e. The van der Waals surface area contributed by atoms with E-state index in [-0.39, 0.29) is 24.3 Å². The number of hydrogen-bond acceptors (Lipinski definition) is 4. The van der Waals surface area contributed by atoms with Gasteiger partial charge in [0, 0.05) is 17.3 Å². The summed E-state index contributed by atoms with van der Waals surface area (Å²) >= 11 is 1.69. The SMILES string of the molecule is CCOC(=O)C1CCCc2sc3nccn3c21.Cl. The Morgan fingerprint density at radius 1 is 1.67 bits per heavy atom. The maximum Gasteiger partial charge on any atom is 0.314 e. The molecule has 2 heterocycles. The summed E-state index contributed by atoms with van der Waals surface area (Å²) in [4.78, 5) is 18.5. The number of halogens is 1. The standard InChI is InChI=1S/C12H14N2O2S.ClH/c1-2-16-11(15)8-4-3-5-9-10(8)14-7-6-13-12(14)17-9;/h6-8H,2-5H2,1H3;1H. The Balaban J connectivity index is 0.00000120. The van der Waals surface area contributed by atoms with Crippen LogP contribution in [0.25, 0.3) is 4.96 Å². The van der Waals surface area contributed by atoms with Crippen molar-refractivity contribution in [1.29, 1.82) is 0 Å². The van der Waals surface area contributed by atoms with E-state index in [9.17, 15) is 4.79 Å². The highest BCUT2D eigenvalue weighted by Gasteiger charge is 2.31. The molecular weight excluding hydrogens is 272 g/mol. The molecular formula is C12H15ClN2O2S. The van der Waals surface area contributed by atoms with Crippen LogP contribution in [0.15, 0.2) is 12.4 Å². The highest BCUT2D eigenvalue weighted by Crippen LogP contribution is 2.37. The van der Waals surface area contributed by atoms with E-state index in [0.29, 0.717) is 6.61 Å². The number of hydrogen-bond donors (Lipinski definition) is 0. The van der Waals surface area contributed by atoms with E-state index >= 15 is 0 Å². The molecule has 1 aliphatic rings. The number of aryl methyl sites for hydroxylation is 1. The van der Waals surface area contributed by atoms with Crippen molar-refractivity contribution in [3.05, 3.63) is 23.0 Å². The fraction of sp³-hybridized carbons (Fsp3) is 0.500. The summed E-state index contributed by atoms with van der Waals surface area (Å²) in [5.74, 6) is -0.205. The van der Waals surface area contributed by atoms with Crippen LogP contribution in [0.5, 0.6) is 0 Å². The second-order valence-corrected chi connectivity index (χ2v) is 5.25. The molecule has 0 spiro atoms. The second kappa shape index (κ2) is 5.28. The van der Waals surface area contributed by atoms with Crippen molar-refractivity contribution in [2.24, 2.45) is 0 Å². The van der Waals surface area contributed by atoms with Gasteiger partial charge in [-0.1, -0.05) is 0 Å². The molecule has 0 aliphatic heterocycles. The fourth-order valence-electron chi connectivity index (χ4n) is 2.46. The Morgan fingerprint density at radius 3 is 3.28 bits per heavy atom. The second-order valence-electron chi connectivity index (χ2n) is 4.19. The highest BCUT2D eigenvalue weighted by molar-refractivity contribution is 7.17. The quantitative estimate of drug-likeness (QED) is 0.798. The molecule has 0 saturated heterocycles. The number of carbonyl (C=O) groups excluding carboxylic acids is 1. The van der Waals surface area contributed by atoms with Gasteiger partial charge in [0.15, 0.2) is 4.96 Å². The molecule has 0 saturated carbocycles. The summed E-state index contributed by atoms with van der Waals surface area (Å²) in [6.45, 7) is 2.30. The molecule has 4 nitrogen and oxygen atoms in total. The molecule has 98 valence electrons. The third kappa shape index (κ3) is 2.01. The van der Waals surface area contributed by atoms with E-state index in [2.05, 4.69) is 4.98 Å². The largest absolute Gasteiger partial charge is 0.465 e. The molecule has 0 radical (unpaired) electrons. The summed E-state index contributed by atoms with van der Waals surface area (Å²) < 4.78 is 7.21. The van der Waals surface area contributed by atoms with E-state index in [4.69, 9.17) is 4.74 Å². The van der Waals surface area contributed by atoms with Crippen molar-refractivity contribution in [2.45, 2.75) is 32.1 Å². The Labute approximate surface area is 115 Å². The summed E-state index contributed by atoms with van der Waals surface area (Å²) in [6.07, 6.45) is 6.71. The van der Waals surface area contributed by atoms with Crippen LogP contribution in [0.2, 0.25) is 0 Å². The summed E-state index contributed by atoms with van der Waals surface area (Å²) in [5.41, 5.74) is 1.10. The van der Waals surface area contributed by atoms with Gasteiger partial charge in [0.05, 0.1) is 18.2 Å². The molecule has 0 aromatic carbocycles. The fourth-order valence-corrected chi connectivity index (χ4v) is 3.65. The molecule has 18 heavy (non-hydrogen) atoms. The van der Waals surface area contributed by atoms with Crippen molar-refractivity contribution in [3.8, 4) is 0 Å². The molecule has 2 aromatic rings. The number of esters is 1. The first kappa shape index (κ1) is 13.4. The zero-order chi connectivity index (χ0) is 11.8. The predicted molar refractivity (Wildman–Crippen MR) is 72.6 cm³/mol. The molecule has 0 N–H and O–H groups in total. The van der Waals surface area contributed by atoms with Gasteiger partial charge in [-0.3, -0.25) is 9.20 Å². The van der Waals surface area contributed by atoms with E-state index in [0.717, 1.165) is 29.9 Å². The van der Waals surface area contributed by atoms with Crippen LogP contribution in [-0.2, 0) is 16.0 Å². The minimum Gasteiger partial charge on any atom is -0.465 e. The normalized spacial score (nSPS) is 18.2. The summed E-state index contributed by atoms with van der Waals surface area (Å²) in [6, 6.07) is 0. The third-order valence-electron chi connectivity index (χ3n) is 3.16. The van der Waals surface area contributed by atoms with Crippen LogP contribution in [0.1, 0.15) is 36.3 Å². The van der Waals surface area contributed by atoms with Gasteiger partial charge in [-0.25, -0.2) is 4.98 Å².